The molecule has 0 amide bonds. The highest BCUT2D eigenvalue weighted by molar-refractivity contribution is 9.10. The number of hydrogen-bond donors (Lipinski definition) is 0. The van der Waals surface area contributed by atoms with Crippen molar-refractivity contribution in [3.63, 3.8) is 0 Å². The van der Waals surface area contributed by atoms with Crippen LogP contribution < -0.4 is 4.74 Å². The van der Waals surface area contributed by atoms with Crippen molar-refractivity contribution >= 4 is 21.7 Å². The fourth-order valence-electron chi connectivity index (χ4n) is 1.84. The second-order valence-corrected chi connectivity index (χ2v) is 5.11. The van der Waals surface area contributed by atoms with Crippen LogP contribution in [-0.2, 0) is 0 Å². The van der Waals surface area contributed by atoms with Crippen LogP contribution in [-0.4, -0.2) is 12.9 Å². The first-order valence-corrected chi connectivity index (χ1v) is 6.46. The lowest BCUT2D eigenvalue weighted by atomic mass is 10.0. The highest BCUT2D eigenvalue weighted by atomic mass is 79.9. The second-order valence-electron chi connectivity index (χ2n) is 4.20. The normalized spacial score (nSPS) is 10.3. The topological polar surface area (TPSA) is 26.3 Å². The maximum atomic E-state index is 13.6. The van der Waals surface area contributed by atoms with Gasteiger partial charge < -0.3 is 4.74 Å². The monoisotopic (exact) mass is 322 g/mol. The number of carbonyl (C=O) groups excluding carboxylic acids is 1. The predicted octanol–water partition coefficient (Wildman–Crippen LogP) is 4.14. The van der Waals surface area contributed by atoms with Gasteiger partial charge in [-0.15, -0.1) is 0 Å². The third-order valence-corrected chi connectivity index (χ3v) is 3.18. The van der Waals surface area contributed by atoms with E-state index < -0.39 is 5.82 Å². The molecule has 0 fully saturated rings. The van der Waals surface area contributed by atoms with Crippen molar-refractivity contribution in [2.75, 3.05) is 7.11 Å². The van der Waals surface area contributed by atoms with Crippen LogP contribution >= 0.6 is 15.9 Å². The zero-order valence-electron chi connectivity index (χ0n) is 10.5. The molecule has 4 heteroatoms. The molecule has 0 heterocycles. The lowest BCUT2D eigenvalue weighted by Crippen LogP contribution is -2.03. The summed E-state index contributed by atoms with van der Waals surface area (Å²) in [6.07, 6.45) is 0. The maximum absolute atomic E-state index is 13.6. The van der Waals surface area contributed by atoms with Gasteiger partial charge in [-0.25, -0.2) is 4.39 Å². The molecule has 0 saturated heterocycles. The summed E-state index contributed by atoms with van der Waals surface area (Å²) in [5.74, 6) is -0.631. The van der Waals surface area contributed by atoms with Crippen molar-refractivity contribution in [2.24, 2.45) is 0 Å². The number of methoxy groups -OCH3 is 1. The van der Waals surface area contributed by atoms with E-state index in [1.807, 2.05) is 13.0 Å². The number of rotatable bonds is 3. The van der Waals surface area contributed by atoms with Crippen LogP contribution in [0.2, 0.25) is 0 Å². The van der Waals surface area contributed by atoms with Gasteiger partial charge in [-0.05, 0) is 48.9 Å². The van der Waals surface area contributed by atoms with Crippen LogP contribution in [0.4, 0.5) is 4.39 Å². The Bertz CT molecular complexity index is 618. The lowest BCUT2D eigenvalue weighted by molar-refractivity contribution is 0.103. The Hall–Kier alpha value is -1.68. The Morgan fingerprint density at radius 2 is 1.89 bits per heavy atom. The summed E-state index contributed by atoms with van der Waals surface area (Å²) in [5, 5.41) is 0. The smallest absolute Gasteiger partial charge is 0.193 e. The van der Waals surface area contributed by atoms with E-state index in [1.165, 1.54) is 19.2 Å². The molecule has 98 valence electrons. The summed E-state index contributed by atoms with van der Waals surface area (Å²) in [7, 11) is 1.39. The van der Waals surface area contributed by atoms with Crippen LogP contribution in [0.15, 0.2) is 40.9 Å². The summed E-state index contributed by atoms with van der Waals surface area (Å²) in [6, 6.07) is 9.60. The lowest BCUT2D eigenvalue weighted by Gasteiger charge is -2.06. The molecule has 19 heavy (non-hydrogen) atoms. The average Bonchev–Trinajstić information content (AvgIpc) is 2.36. The molecule has 2 aromatic carbocycles. The van der Waals surface area contributed by atoms with E-state index in [4.69, 9.17) is 4.74 Å². The largest absolute Gasteiger partial charge is 0.494 e. The quantitative estimate of drug-likeness (QED) is 0.794. The van der Waals surface area contributed by atoms with E-state index in [2.05, 4.69) is 15.9 Å². The molecule has 0 radical (unpaired) electrons. The molecule has 2 nitrogen and oxygen atoms in total. The van der Waals surface area contributed by atoms with Crippen molar-refractivity contribution in [2.45, 2.75) is 6.92 Å². The standard InChI is InChI=1S/C15H12BrFO2/c1-9-5-11(7-12(16)6-9)15(18)10-3-4-14(19-2)13(17)8-10/h3-8H,1-2H3. The zero-order valence-corrected chi connectivity index (χ0v) is 12.1. The van der Waals surface area contributed by atoms with Gasteiger partial charge in [-0.3, -0.25) is 4.79 Å². The fourth-order valence-corrected chi connectivity index (χ4v) is 2.45. The molecule has 0 aromatic heterocycles. The Morgan fingerprint density at radius 1 is 1.16 bits per heavy atom. The van der Waals surface area contributed by atoms with Gasteiger partial charge in [0, 0.05) is 15.6 Å². The van der Waals surface area contributed by atoms with Gasteiger partial charge in [0.05, 0.1) is 7.11 Å². The average molecular weight is 323 g/mol. The molecule has 0 bridgehead atoms. The van der Waals surface area contributed by atoms with E-state index in [9.17, 15) is 9.18 Å². The van der Waals surface area contributed by atoms with Gasteiger partial charge in [-0.1, -0.05) is 15.9 Å². The highest BCUT2D eigenvalue weighted by Crippen LogP contribution is 2.22. The molecule has 0 spiro atoms. The number of carbonyl (C=O) groups is 1. The van der Waals surface area contributed by atoms with Crippen LogP contribution in [0.5, 0.6) is 5.75 Å². The van der Waals surface area contributed by atoms with E-state index in [0.29, 0.717) is 11.1 Å². The molecule has 0 unspecified atom stereocenters. The van der Waals surface area contributed by atoms with Crippen molar-refractivity contribution < 1.29 is 13.9 Å². The predicted molar refractivity (Wildman–Crippen MR) is 75.3 cm³/mol. The van der Waals surface area contributed by atoms with Gasteiger partial charge in [0.25, 0.3) is 0 Å². The summed E-state index contributed by atoms with van der Waals surface area (Å²) in [5.41, 5.74) is 1.79. The van der Waals surface area contributed by atoms with Crippen LogP contribution in [0.25, 0.3) is 0 Å². The number of aryl methyl sites for hydroxylation is 1. The summed E-state index contributed by atoms with van der Waals surface area (Å²) >= 11 is 3.34. The van der Waals surface area contributed by atoms with Crippen LogP contribution in [0.1, 0.15) is 21.5 Å². The van der Waals surface area contributed by atoms with E-state index in [1.54, 1.807) is 18.2 Å². The summed E-state index contributed by atoms with van der Waals surface area (Å²) in [4.78, 5) is 12.3. The van der Waals surface area contributed by atoms with E-state index in [-0.39, 0.29) is 11.5 Å². The first-order valence-electron chi connectivity index (χ1n) is 5.66. The van der Waals surface area contributed by atoms with E-state index in [0.717, 1.165) is 10.0 Å². The van der Waals surface area contributed by atoms with Crippen molar-refractivity contribution in [3.8, 4) is 5.75 Å². The summed E-state index contributed by atoms with van der Waals surface area (Å²) in [6.45, 7) is 1.90. The van der Waals surface area contributed by atoms with Gasteiger partial charge in [0.15, 0.2) is 17.3 Å². The molecular formula is C15H12BrFO2. The van der Waals surface area contributed by atoms with Gasteiger partial charge in [0.1, 0.15) is 0 Å². The van der Waals surface area contributed by atoms with Crippen molar-refractivity contribution in [1.29, 1.82) is 0 Å². The Morgan fingerprint density at radius 3 is 2.47 bits per heavy atom. The fraction of sp³-hybridized carbons (Fsp3) is 0.133. The minimum Gasteiger partial charge on any atom is -0.494 e. The van der Waals surface area contributed by atoms with Crippen molar-refractivity contribution in [3.05, 3.63) is 63.4 Å². The Balaban J connectivity index is 2.41. The summed E-state index contributed by atoms with van der Waals surface area (Å²) < 4.78 is 19.3. The van der Waals surface area contributed by atoms with Gasteiger partial charge >= 0.3 is 0 Å². The molecule has 0 N–H and O–H groups in total. The number of ketones is 1. The Labute approximate surface area is 119 Å². The highest BCUT2D eigenvalue weighted by Gasteiger charge is 2.13. The Kier molecular flexibility index (Phi) is 4.00. The molecule has 0 aliphatic heterocycles. The maximum Gasteiger partial charge on any atom is 0.193 e. The SMILES string of the molecule is COc1ccc(C(=O)c2cc(C)cc(Br)c2)cc1F. The first-order chi connectivity index (χ1) is 9.01. The molecule has 0 aliphatic carbocycles. The van der Waals surface area contributed by atoms with Gasteiger partial charge in [0.2, 0.25) is 0 Å². The van der Waals surface area contributed by atoms with Crippen LogP contribution in [0.3, 0.4) is 0 Å². The minimum atomic E-state index is -0.542. The molecule has 2 rings (SSSR count). The third-order valence-electron chi connectivity index (χ3n) is 2.72. The molecular weight excluding hydrogens is 311 g/mol. The minimum absolute atomic E-state index is 0.127. The molecule has 0 atom stereocenters. The van der Waals surface area contributed by atoms with E-state index >= 15 is 0 Å². The number of benzene rings is 2. The van der Waals surface area contributed by atoms with Crippen molar-refractivity contribution in [1.82, 2.24) is 0 Å². The number of halogens is 2. The van der Waals surface area contributed by atoms with Gasteiger partial charge in [-0.2, -0.15) is 0 Å². The molecule has 2 aromatic rings. The number of hydrogen-bond acceptors (Lipinski definition) is 2. The first kappa shape index (κ1) is 13.7. The zero-order chi connectivity index (χ0) is 14.0. The second kappa shape index (κ2) is 5.53. The number of ether oxygens (including phenoxy) is 1. The molecule has 0 saturated carbocycles. The third kappa shape index (κ3) is 3.01. The molecule has 0 aliphatic rings. The van der Waals surface area contributed by atoms with Crippen LogP contribution in [0, 0.1) is 12.7 Å².